The van der Waals surface area contributed by atoms with Gasteiger partial charge in [0.15, 0.2) is 0 Å². The quantitative estimate of drug-likeness (QED) is 0.851. The Morgan fingerprint density at radius 1 is 1.56 bits per heavy atom. The Hall–Kier alpha value is -1.00. The lowest BCUT2D eigenvalue weighted by atomic mass is 10.0. The van der Waals surface area contributed by atoms with Gasteiger partial charge in [0.1, 0.15) is 5.82 Å². The number of halogens is 1. The molecule has 1 aliphatic rings. The summed E-state index contributed by atoms with van der Waals surface area (Å²) in [5.74, 6) is -0.278. The Morgan fingerprint density at radius 3 is 3.19 bits per heavy atom. The van der Waals surface area contributed by atoms with E-state index in [1.54, 1.807) is 6.20 Å². The van der Waals surface area contributed by atoms with Crippen LogP contribution in [0, 0.1) is 5.82 Å². The molecule has 88 valence electrons. The lowest BCUT2D eigenvalue weighted by molar-refractivity contribution is 0.0130. The van der Waals surface area contributed by atoms with Gasteiger partial charge >= 0.3 is 0 Å². The smallest absolute Gasteiger partial charge is 0.141 e. The number of rotatable bonds is 3. The topological polar surface area (TPSA) is 34.2 Å². The first-order valence-corrected chi connectivity index (χ1v) is 5.68. The molecule has 0 aromatic carbocycles. The third-order valence-electron chi connectivity index (χ3n) is 2.84. The minimum atomic E-state index is -0.278. The van der Waals surface area contributed by atoms with E-state index in [4.69, 9.17) is 4.74 Å². The second kappa shape index (κ2) is 5.37. The van der Waals surface area contributed by atoms with Gasteiger partial charge in [0.05, 0.1) is 12.3 Å². The van der Waals surface area contributed by atoms with Crippen molar-refractivity contribution in [3.63, 3.8) is 0 Å². The van der Waals surface area contributed by atoms with Crippen LogP contribution in [0.4, 0.5) is 4.39 Å². The number of pyridine rings is 1. The average molecular weight is 224 g/mol. The van der Waals surface area contributed by atoms with Gasteiger partial charge in [-0.05, 0) is 31.4 Å². The predicted molar refractivity (Wildman–Crippen MR) is 59.5 cm³/mol. The maximum absolute atomic E-state index is 12.9. The minimum Gasteiger partial charge on any atom is -0.378 e. The first-order valence-electron chi connectivity index (χ1n) is 5.68. The zero-order chi connectivity index (χ0) is 11.4. The van der Waals surface area contributed by atoms with Gasteiger partial charge < -0.3 is 10.1 Å². The fourth-order valence-electron chi connectivity index (χ4n) is 2.00. The van der Waals surface area contributed by atoms with E-state index in [1.165, 1.54) is 12.3 Å². The fraction of sp³-hybridized carbons (Fsp3) is 0.583. The molecule has 1 fully saturated rings. The van der Waals surface area contributed by atoms with Crippen LogP contribution >= 0.6 is 0 Å². The van der Waals surface area contributed by atoms with Crippen molar-refractivity contribution < 1.29 is 9.13 Å². The van der Waals surface area contributed by atoms with Crippen molar-refractivity contribution >= 4 is 0 Å². The molecule has 1 aromatic heterocycles. The summed E-state index contributed by atoms with van der Waals surface area (Å²) in [5, 5.41) is 3.41. The van der Waals surface area contributed by atoms with Gasteiger partial charge in [-0.25, -0.2) is 4.39 Å². The minimum absolute atomic E-state index is 0.278. The molecule has 2 atom stereocenters. The van der Waals surface area contributed by atoms with E-state index in [0.29, 0.717) is 18.7 Å². The van der Waals surface area contributed by atoms with Crippen LogP contribution in [0.15, 0.2) is 18.5 Å². The molecule has 0 bridgehead atoms. The lowest BCUT2D eigenvalue weighted by Crippen LogP contribution is -2.37. The SMILES string of the molecule is CC1CC(NCc2cncc(F)c2)CCO1. The van der Waals surface area contributed by atoms with Crippen LogP contribution in [0.3, 0.4) is 0 Å². The lowest BCUT2D eigenvalue weighted by Gasteiger charge is -2.28. The molecule has 0 amide bonds. The molecule has 0 spiro atoms. The van der Waals surface area contributed by atoms with Crippen molar-refractivity contribution in [3.05, 3.63) is 29.8 Å². The number of nitrogens with zero attached hydrogens (tertiary/aromatic N) is 1. The molecule has 1 aliphatic heterocycles. The number of hydrogen-bond donors (Lipinski definition) is 1. The van der Waals surface area contributed by atoms with Gasteiger partial charge in [0, 0.05) is 25.4 Å². The maximum atomic E-state index is 12.9. The van der Waals surface area contributed by atoms with E-state index in [2.05, 4.69) is 17.2 Å². The Bertz CT molecular complexity index is 346. The summed E-state index contributed by atoms with van der Waals surface area (Å²) < 4.78 is 18.4. The first-order chi connectivity index (χ1) is 7.74. The van der Waals surface area contributed by atoms with Gasteiger partial charge in [0.2, 0.25) is 0 Å². The molecule has 2 rings (SSSR count). The monoisotopic (exact) mass is 224 g/mol. The molecule has 1 aromatic rings. The molecular formula is C12H17FN2O. The average Bonchev–Trinajstić information content (AvgIpc) is 2.27. The largest absolute Gasteiger partial charge is 0.378 e. The summed E-state index contributed by atoms with van der Waals surface area (Å²) in [7, 11) is 0. The highest BCUT2D eigenvalue weighted by atomic mass is 19.1. The van der Waals surface area contributed by atoms with Gasteiger partial charge in [-0.15, -0.1) is 0 Å². The van der Waals surface area contributed by atoms with Crippen molar-refractivity contribution in [1.82, 2.24) is 10.3 Å². The second-order valence-electron chi connectivity index (χ2n) is 4.30. The first kappa shape index (κ1) is 11.5. The molecule has 0 radical (unpaired) electrons. The fourth-order valence-corrected chi connectivity index (χ4v) is 2.00. The van der Waals surface area contributed by atoms with Crippen molar-refractivity contribution in [3.8, 4) is 0 Å². The molecule has 16 heavy (non-hydrogen) atoms. The molecule has 2 unspecified atom stereocenters. The van der Waals surface area contributed by atoms with Crippen molar-refractivity contribution in [1.29, 1.82) is 0 Å². The van der Waals surface area contributed by atoms with Gasteiger partial charge in [-0.1, -0.05) is 0 Å². The molecule has 2 heterocycles. The summed E-state index contributed by atoms with van der Waals surface area (Å²) in [5.41, 5.74) is 0.888. The number of ether oxygens (including phenoxy) is 1. The standard InChI is InChI=1S/C12H17FN2O/c1-9-4-12(2-3-16-9)15-7-10-5-11(13)8-14-6-10/h5-6,8-9,12,15H,2-4,7H2,1H3. The maximum Gasteiger partial charge on any atom is 0.141 e. The summed E-state index contributed by atoms with van der Waals surface area (Å²) in [6, 6.07) is 1.98. The molecule has 4 heteroatoms. The van der Waals surface area contributed by atoms with Crippen LogP contribution in [0.5, 0.6) is 0 Å². The molecule has 1 saturated heterocycles. The summed E-state index contributed by atoms with van der Waals surface area (Å²) >= 11 is 0. The van der Waals surface area contributed by atoms with Crippen molar-refractivity contribution in [2.24, 2.45) is 0 Å². The number of hydrogen-bond acceptors (Lipinski definition) is 3. The van der Waals surface area contributed by atoms with E-state index in [9.17, 15) is 4.39 Å². The Kier molecular flexibility index (Phi) is 3.85. The van der Waals surface area contributed by atoms with Crippen LogP contribution in [-0.2, 0) is 11.3 Å². The summed E-state index contributed by atoms with van der Waals surface area (Å²) in [6.07, 6.45) is 5.27. The van der Waals surface area contributed by atoms with E-state index in [-0.39, 0.29) is 5.82 Å². The second-order valence-corrected chi connectivity index (χ2v) is 4.30. The molecule has 0 saturated carbocycles. The highest BCUT2D eigenvalue weighted by Gasteiger charge is 2.18. The van der Waals surface area contributed by atoms with E-state index >= 15 is 0 Å². The molecular weight excluding hydrogens is 207 g/mol. The molecule has 1 N–H and O–H groups in total. The molecule has 3 nitrogen and oxygen atoms in total. The van der Waals surface area contributed by atoms with Crippen LogP contribution in [-0.4, -0.2) is 23.7 Å². The third kappa shape index (κ3) is 3.25. The molecule has 0 aliphatic carbocycles. The van der Waals surface area contributed by atoms with Crippen LogP contribution in [0.1, 0.15) is 25.3 Å². The van der Waals surface area contributed by atoms with Crippen LogP contribution < -0.4 is 5.32 Å². The zero-order valence-electron chi connectivity index (χ0n) is 9.45. The Balaban J connectivity index is 1.82. The van der Waals surface area contributed by atoms with Crippen LogP contribution in [0.2, 0.25) is 0 Å². The normalized spacial score (nSPS) is 25.6. The van der Waals surface area contributed by atoms with Gasteiger partial charge in [0.25, 0.3) is 0 Å². The number of aromatic nitrogens is 1. The Morgan fingerprint density at radius 2 is 2.44 bits per heavy atom. The third-order valence-corrected chi connectivity index (χ3v) is 2.84. The van der Waals surface area contributed by atoms with Crippen molar-refractivity contribution in [2.75, 3.05) is 6.61 Å². The predicted octanol–water partition coefficient (Wildman–Crippen LogP) is 1.88. The van der Waals surface area contributed by atoms with Gasteiger partial charge in [-0.2, -0.15) is 0 Å². The summed E-state index contributed by atoms with van der Waals surface area (Å²) in [4.78, 5) is 3.82. The summed E-state index contributed by atoms with van der Waals surface area (Å²) in [6.45, 7) is 3.56. The highest BCUT2D eigenvalue weighted by molar-refractivity contribution is 5.09. The van der Waals surface area contributed by atoms with E-state index in [0.717, 1.165) is 25.0 Å². The zero-order valence-corrected chi connectivity index (χ0v) is 9.45. The van der Waals surface area contributed by atoms with Crippen molar-refractivity contribution in [2.45, 2.75) is 38.5 Å². The van der Waals surface area contributed by atoms with Crippen LogP contribution in [0.25, 0.3) is 0 Å². The van der Waals surface area contributed by atoms with E-state index in [1.807, 2.05) is 0 Å². The highest BCUT2D eigenvalue weighted by Crippen LogP contribution is 2.13. The van der Waals surface area contributed by atoms with Gasteiger partial charge in [-0.3, -0.25) is 4.98 Å². The number of nitrogens with one attached hydrogen (secondary N) is 1. The van der Waals surface area contributed by atoms with E-state index < -0.39 is 0 Å². The Labute approximate surface area is 95.0 Å².